The highest BCUT2D eigenvalue weighted by atomic mass is 32.2. The number of sulfonamides is 1. The van der Waals surface area contributed by atoms with E-state index < -0.39 is 47.7 Å². The van der Waals surface area contributed by atoms with Gasteiger partial charge in [0, 0.05) is 12.7 Å². The fourth-order valence-corrected chi connectivity index (χ4v) is 6.41. The van der Waals surface area contributed by atoms with Crippen molar-refractivity contribution in [1.29, 1.82) is 0 Å². The number of imide groups is 1. The van der Waals surface area contributed by atoms with Gasteiger partial charge in [-0.1, -0.05) is 6.07 Å². The number of benzene rings is 1. The van der Waals surface area contributed by atoms with E-state index in [2.05, 4.69) is 9.71 Å². The lowest BCUT2D eigenvalue weighted by atomic mass is 10.0. The molecule has 1 aromatic carbocycles. The number of rotatable bonds is 7. The van der Waals surface area contributed by atoms with Crippen molar-refractivity contribution >= 4 is 54.6 Å². The number of sulfone groups is 1. The minimum absolute atomic E-state index is 0.00926. The van der Waals surface area contributed by atoms with Gasteiger partial charge in [-0.15, -0.1) is 11.3 Å². The molecule has 3 aromatic rings. The van der Waals surface area contributed by atoms with Crippen LogP contribution in [0, 0.1) is 0 Å². The number of carbonyl (C=O) groups is 2. The minimum Gasteiger partial charge on any atom is -0.305 e. The normalized spacial score (nSPS) is 16.2. The van der Waals surface area contributed by atoms with E-state index in [1.807, 2.05) is 0 Å². The molecule has 0 saturated carbocycles. The standard InChI is InChI=1S/C22H19F3N4O6S3/c1-21(2)19(30)29(15-5-7-16(8-6-15)37(32,33)22(23,24)25)20(31)28(21)13-14-9-10-26-17(12-14)27-38(34,35)18-4-3-11-36-18/h3-12H,13H2,1-2H3,(H,26,27). The Bertz CT molecular complexity index is 1600. The van der Waals surface area contributed by atoms with Crippen LogP contribution < -0.4 is 9.62 Å². The van der Waals surface area contributed by atoms with Crippen molar-refractivity contribution in [3.05, 3.63) is 65.7 Å². The van der Waals surface area contributed by atoms with E-state index in [1.54, 1.807) is 11.4 Å². The van der Waals surface area contributed by atoms with Crippen molar-refractivity contribution < 1.29 is 39.6 Å². The van der Waals surface area contributed by atoms with Gasteiger partial charge >= 0.3 is 11.5 Å². The molecule has 1 N–H and O–H groups in total. The molecule has 0 spiro atoms. The van der Waals surface area contributed by atoms with Crippen LogP contribution in [-0.4, -0.2) is 49.7 Å². The molecule has 4 rings (SSSR count). The van der Waals surface area contributed by atoms with E-state index >= 15 is 0 Å². The molecule has 0 atom stereocenters. The summed E-state index contributed by atoms with van der Waals surface area (Å²) in [5, 5.41) is 1.60. The molecule has 10 nitrogen and oxygen atoms in total. The van der Waals surface area contributed by atoms with Crippen LogP contribution in [0.2, 0.25) is 0 Å². The molecule has 0 radical (unpaired) electrons. The van der Waals surface area contributed by atoms with Crippen LogP contribution in [0.4, 0.5) is 29.5 Å². The third kappa shape index (κ3) is 4.86. The van der Waals surface area contributed by atoms with Gasteiger partial charge < -0.3 is 4.90 Å². The Kier molecular flexibility index (Phi) is 6.78. The zero-order chi connectivity index (χ0) is 28.1. The summed E-state index contributed by atoms with van der Waals surface area (Å²) >= 11 is 1.02. The Hall–Kier alpha value is -3.50. The van der Waals surface area contributed by atoms with Crippen molar-refractivity contribution in [2.75, 3.05) is 9.62 Å². The predicted molar refractivity (Wildman–Crippen MR) is 132 cm³/mol. The van der Waals surface area contributed by atoms with Gasteiger partial charge in [-0.3, -0.25) is 9.52 Å². The first-order valence-corrected chi connectivity index (χ1v) is 14.5. The second kappa shape index (κ2) is 9.36. The molecule has 1 aliphatic heterocycles. The zero-order valence-corrected chi connectivity index (χ0v) is 22.1. The molecule has 2 aromatic heterocycles. The summed E-state index contributed by atoms with van der Waals surface area (Å²) < 4.78 is 89.2. The van der Waals surface area contributed by atoms with Crippen molar-refractivity contribution in [3.8, 4) is 0 Å². The SMILES string of the molecule is CC1(C)C(=O)N(c2ccc(S(=O)(=O)C(F)(F)F)cc2)C(=O)N1Cc1ccnc(NS(=O)(=O)c2cccs2)c1. The third-order valence-corrected chi connectivity index (χ3v) is 9.95. The van der Waals surface area contributed by atoms with Crippen LogP contribution in [0.3, 0.4) is 0 Å². The van der Waals surface area contributed by atoms with E-state index in [-0.39, 0.29) is 22.3 Å². The molecule has 1 saturated heterocycles. The number of anilines is 2. The Morgan fingerprint density at radius 1 is 1.03 bits per heavy atom. The van der Waals surface area contributed by atoms with Crippen LogP contribution in [0.1, 0.15) is 19.4 Å². The lowest BCUT2D eigenvalue weighted by Crippen LogP contribution is -2.43. The molecular weight excluding hydrogens is 569 g/mol. The largest absolute Gasteiger partial charge is 0.501 e. The molecule has 3 heterocycles. The second-order valence-corrected chi connectivity index (χ2v) is 13.4. The number of urea groups is 1. The average Bonchev–Trinajstić information content (AvgIpc) is 3.42. The van der Waals surface area contributed by atoms with Gasteiger partial charge in [0.15, 0.2) is 0 Å². The number of pyridine rings is 1. The summed E-state index contributed by atoms with van der Waals surface area (Å²) in [5.74, 6) is -0.702. The number of amides is 3. The first-order chi connectivity index (χ1) is 17.6. The number of nitrogens with zero attached hydrogens (tertiary/aromatic N) is 3. The van der Waals surface area contributed by atoms with Gasteiger partial charge in [-0.2, -0.15) is 13.2 Å². The molecule has 3 amide bonds. The van der Waals surface area contributed by atoms with E-state index in [0.717, 1.165) is 28.4 Å². The van der Waals surface area contributed by atoms with Gasteiger partial charge in [-0.25, -0.2) is 31.5 Å². The number of hydrogen-bond acceptors (Lipinski definition) is 8. The smallest absolute Gasteiger partial charge is 0.305 e. The fraction of sp³-hybridized carbons (Fsp3) is 0.227. The maximum atomic E-state index is 13.3. The summed E-state index contributed by atoms with van der Waals surface area (Å²) in [6, 6.07) is 8.35. The first kappa shape index (κ1) is 27.5. The maximum absolute atomic E-state index is 13.3. The van der Waals surface area contributed by atoms with Gasteiger partial charge in [0.25, 0.3) is 25.8 Å². The summed E-state index contributed by atoms with van der Waals surface area (Å²) in [6.45, 7) is 2.81. The van der Waals surface area contributed by atoms with E-state index in [9.17, 15) is 39.6 Å². The molecule has 0 aliphatic carbocycles. The molecule has 0 unspecified atom stereocenters. The number of nitrogens with one attached hydrogen (secondary N) is 1. The lowest BCUT2D eigenvalue weighted by Gasteiger charge is -2.27. The predicted octanol–water partition coefficient (Wildman–Crippen LogP) is 3.98. The van der Waals surface area contributed by atoms with Crippen molar-refractivity contribution in [1.82, 2.24) is 9.88 Å². The summed E-state index contributed by atoms with van der Waals surface area (Å²) in [5.41, 5.74) is -6.58. The van der Waals surface area contributed by atoms with Crippen LogP contribution >= 0.6 is 11.3 Å². The van der Waals surface area contributed by atoms with E-state index in [4.69, 9.17) is 0 Å². The molecule has 0 bridgehead atoms. The topological polar surface area (TPSA) is 134 Å². The Morgan fingerprint density at radius 2 is 1.68 bits per heavy atom. The lowest BCUT2D eigenvalue weighted by molar-refractivity contribution is -0.123. The van der Waals surface area contributed by atoms with Gasteiger partial charge in [0.05, 0.1) is 10.6 Å². The molecule has 16 heteroatoms. The van der Waals surface area contributed by atoms with Gasteiger partial charge in [0.1, 0.15) is 15.6 Å². The maximum Gasteiger partial charge on any atom is 0.501 e. The average molecular weight is 589 g/mol. The fourth-order valence-electron chi connectivity index (χ4n) is 3.65. The molecule has 38 heavy (non-hydrogen) atoms. The molecule has 1 aliphatic rings. The minimum atomic E-state index is -5.60. The third-order valence-electron chi connectivity index (χ3n) is 5.70. The quantitative estimate of drug-likeness (QED) is 0.413. The van der Waals surface area contributed by atoms with Gasteiger partial charge in [-0.05, 0) is 67.3 Å². The highest BCUT2D eigenvalue weighted by molar-refractivity contribution is 7.94. The molecule has 1 fully saturated rings. The van der Waals surface area contributed by atoms with Crippen molar-refractivity contribution in [3.63, 3.8) is 0 Å². The highest BCUT2D eigenvalue weighted by Gasteiger charge is 2.52. The molecule has 202 valence electrons. The van der Waals surface area contributed by atoms with Crippen molar-refractivity contribution in [2.24, 2.45) is 0 Å². The van der Waals surface area contributed by atoms with Crippen LogP contribution in [0.25, 0.3) is 0 Å². The molecular formula is C22H19F3N4O6S3. The summed E-state index contributed by atoms with van der Waals surface area (Å²) in [4.78, 5) is 31.3. The highest BCUT2D eigenvalue weighted by Crippen LogP contribution is 2.35. The number of aromatic nitrogens is 1. The van der Waals surface area contributed by atoms with E-state index in [1.165, 1.54) is 43.1 Å². The Labute approximate surface area is 219 Å². The van der Waals surface area contributed by atoms with Crippen LogP contribution in [0.5, 0.6) is 0 Å². The number of carbonyl (C=O) groups excluding carboxylic acids is 2. The summed E-state index contributed by atoms with van der Waals surface area (Å²) in [7, 11) is -9.48. The number of halogens is 3. The number of alkyl halides is 3. The van der Waals surface area contributed by atoms with Crippen LogP contribution in [0.15, 0.2) is 69.2 Å². The monoisotopic (exact) mass is 588 g/mol. The van der Waals surface area contributed by atoms with Gasteiger partial charge in [0.2, 0.25) is 0 Å². The zero-order valence-electron chi connectivity index (χ0n) is 19.6. The Morgan fingerprint density at radius 3 is 2.26 bits per heavy atom. The van der Waals surface area contributed by atoms with Crippen molar-refractivity contribution in [2.45, 2.75) is 40.5 Å². The Balaban J connectivity index is 1.58. The van der Waals surface area contributed by atoms with Crippen LogP contribution in [-0.2, 0) is 31.2 Å². The summed E-state index contributed by atoms with van der Waals surface area (Å²) in [6.07, 6.45) is 1.33. The van der Waals surface area contributed by atoms with E-state index in [0.29, 0.717) is 17.7 Å². The first-order valence-electron chi connectivity index (χ1n) is 10.6. The number of hydrogen-bond donors (Lipinski definition) is 1. The second-order valence-electron chi connectivity index (χ2n) is 8.60. The number of thiophene rings is 1.